The maximum absolute atomic E-state index is 12.5. The van der Waals surface area contributed by atoms with E-state index in [0.717, 1.165) is 38.0 Å². The Bertz CT molecular complexity index is 440. The molecule has 0 radical (unpaired) electrons. The summed E-state index contributed by atoms with van der Waals surface area (Å²) in [5.74, 6) is 0.501. The Morgan fingerprint density at radius 2 is 2.06 bits per heavy atom. The van der Waals surface area contributed by atoms with Crippen LogP contribution in [0.4, 0.5) is 5.69 Å². The zero-order valence-corrected chi connectivity index (χ0v) is 10.7. The van der Waals surface area contributed by atoms with Gasteiger partial charge in [-0.05, 0) is 49.9 Å². The predicted molar refractivity (Wildman–Crippen MR) is 70.3 cm³/mol. The van der Waals surface area contributed by atoms with Crippen LogP contribution >= 0.6 is 0 Å². The minimum Gasteiger partial charge on any atom is -0.317 e. The number of amides is 1. The van der Waals surface area contributed by atoms with Crippen molar-refractivity contribution in [2.75, 3.05) is 25.0 Å². The maximum Gasteiger partial charge on any atom is 0.230 e. The summed E-state index contributed by atoms with van der Waals surface area (Å²) in [6, 6.07) is 3.77. The molecule has 3 rings (SSSR count). The lowest BCUT2D eigenvalue weighted by molar-refractivity contribution is -0.120. The number of anilines is 1. The zero-order valence-electron chi connectivity index (χ0n) is 10.7. The number of piperidine rings is 1. The fraction of sp³-hybridized carbons (Fsp3) is 0.571. The Hall–Kier alpha value is -1.42. The van der Waals surface area contributed by atoms with Crippen LogP contribution in [0.3, 0.4) is 0 Å². The van der Waals surface area contributed by atoms with Crippen LogP contribution in [0.5, 0.6) is 0 Å². The molecule has 96 valence electrons. The van der Waals surface area contributed by atoms with Crippen LogP contribution in [-0.2, 0) is 4.79 Å². The monoisotopic (exact) mass is 245 g/mol. The Kier molecular flexibility index (Phi) is 2.82. The molecule has 1 aromatic rings. The number of carbonyl (C=O) groups is 1. The SMILES string of the molecule is CN(C(=O)C1CC12CCNCC2)c1ccncc1. The maximum atomic E-state index is 12.5. The number of hydrogen-bond acceptors (Lipinski definition) is 3. The Labute approximate surface area is 107 Å². The lowest BCUT2D eigenvalue weighted by Crippen LogP contribution is -2.34. The molecule has 1 aliphatic carbocycles. The molecule has 2 aliphatic rings. The van der Waals surface area contributed by atoms with Crippen molar-refractivity contribution >= 4 is 11.6 Å². The molecule has 0 aromatic carbocycles. The van der Waals surface area contributed by atoms with E-state index in [0.29, 0.717) is 5.41 Å². The number of nitrogens with zero attached hydrogens (tertiary/aromatic N) is 2. The Morgan fingerprint density at radius 1 is 1.39 bits per heavy atom. The van der Waals surface area contributed by atoms with E-state index in [2.05, 4.69) is 10.3 Å². The van der Waals surface area contributed by atoms with Gasteiger partial charge in [-0.15, -0.1) is 0 Å². The van der Waals surface area contributed by atoms with E-state index in [1.165, 1.54) is 0 Å². The van der Waals surface area contributed by atoms with Gasteiger partial charge < -0.3 is 10.2 Å². The van der Waals surface area contributed by atoms with Gasteiger partial charge in [0.05, 0.1) is 0 Å². The van der Waals surface area contributed by atoms with Crippen molar-refractivity contribution < 1.29 is 4.79 Å². The largest absolute Gasteiger partial charge is 0.317 e. The van der Waals surface area contributed by atoms with Gasteiger partial charge in [0, 0.05) is 31.0 Å². The van der Waals surface area contributed by atoms with Crippen molar-refractivity contribution in [2.24, 2.45) is 11.3 Å². The predicted octanol–water partition coefficient (Wildman–Crippen LogP) is 1.43. The second-order valence-corrected chi connectivity index (χ2v) is 5.47. The van der Waals surface area contributed by atoms with E-state index >= 15 is 0 Å². The highest BCUT2D eigenvalue weighted by Gasteiger charge is 2.58. The standard InChI is InChI=1S/C14H19N3O/c1-17(11-2-6-15-7-3-11)13(18)12-10-14(12)4-8-16-9-5-14/h2-3,6-7,12,16H,4-5,8-10H2,1H3. The van der Waals surface area contributed by atoms with Gasteiger partial charge in [0.25, 0.3) is 0 Å². The first-order valence-electron chi connectivity index (χ1n) is 6.61. The molecule has 2 heterocycles. The quantitative estimate of drug-likeness (QED) is 0.857. The van der Waals surface area contributed by atoms with Gasteiger partial charge in [-0.25, -0.2) is 0 Å². The van der Waals surface area contributed by atoms with Gasteiger partial charge in [-0.2, -0.15) is 0 Å². The highest BCUT2D eigenvalue weighted by molar-refractivity contribution is 5.96. The fourth-order valence-electron chi connectivity index (χ4n) is 3.10. The average Bonchev–Trinajstić information content (AvgIpc) is 3.12. The summed E-state index contributed by atoms with van der Waals surface area (Å²) in [4.78, 5) is 18.2. The van der Waals surface area contributed by atoms with Crippen LogP contribution in [-0.4, -0.2) is 31.0 Å². The Balaban J connectivity index is 1.69. The van der Waals surface area contributed by atoms with Crippen molar-refractivity contribution in [3.05, 3.63) is 24.5 Å². The second kappa shape index (κ2) is 4.35. The van der Waals surface area contributed by atoms with Crippen LogP contribution in [0.2, 0.25) is 0 Å². The molecule has 1 aromatic heterocycles. The minimum absolute atomic E-state index is 0.234. The normalized spacial score (nSPS) is 24.8. The van der Waals surface area contributed by atoms with Crippen LogP contribution in [0.25, 0.3) is 0 Å². The van der Waals surface area contributed by atoms with Crippen LogP contribution in [0.1, 0.15) is 19.3 Å². The van der Waals surface area contributed by atoms with E-state index in [1.54, 1.807) is 17.3 Å². The van der Waals surface area contributed by atoms with Gasteiger partial charge in [-0.3, -0.25) is 9.78 Å². The van der Waals surface area contributed by atoms with Crippen molar-refractivity contribution in [1.29, 1.82) is 0 Å². The van der Waals surface area contributed by atoms with Gasteiger partial charge in [0.1, 0.15) is 0 Å². The molecule has 1 atom stereocenters. The molecule has 1 unspecified atom stereocenters. The molecule has 1 N–H and O–H groups in total. The van der Waals surface area contributed by atoms with Crippen LogP contribution in [0.15, 0.2) is 24.5 Å². The molecule has 4 nitrogen and oxygen atoms in total. The molecule has 1 amide bonds. The van der Waals surface area contributed by atoms with Crippen LogP contribution < -0.4 is 10.2 Å². The zero-order chi connectivity index (χ0) is 12.6. The highest BCUT2D eigenvalue weighted by atomic mass is 16.2. The van der Waals surface area contributed by atoms with Crippen molar-refractivity contribution in [2.45, 2.75) is 19.3 Å². The summed E-state index contributed by atoms with van der Waals surface area (Å²) in [5.41, 5.74) is 1.25. The molecule has 2 fully saturated rings. The summed E-state index contributed by atoms with van der Waals surface area (Å²) in [7, 11) is 1.87. The number of pyridine rings is 1. The van der Waals surface area contributed by atoms with Crippen LogP contribution in [0, 0.1) is 11.3 Å². The molecule has 1 saturated heterocycles. The van der Waals surface area contributed by atoms with E-state index < -0.39 is 0 Å². The lowest BCUT2D eigenvalue weighted by atomic mass is 9.91. The molecule has 1 saturated carbocycles. The highest BCUT2D eigenvalue weighted by Crippen LogP contribution is 2.59. The summed E-state index contributed by atoms with van der Waals surface area (Å²) < 4.78 is 0. The lowest BCUT2D eigenvalue weighted by Gasteiger charge is -2.25. The van der Waals surface area contributed by atoms with Gasteiger partial charge in [-0.1, -0.05) is 0 Å². The number of hydrogen-bond donors (Lipinski definition) is 1. The van der Waals surface area contributed by atoms with E-state index in [-0.39, 0.29) is 11.8 Å². The first kappa shape index (κ1) is 11.7. The minimum atomic E-state index is 0.234. The first-order valence-corrected chi connectivity index (χ1v) is 6.61. The third-order valence-electron chi connectivity index (χ3n) is 4.47. The number of nitrogens with one attached hydrogen (secondary N) is 1. The van der Waals surface area contributed by atoms with Gasteiger partial charge in [0.15, 0.2) is 0 Å². The molecule has 18 heavy (non-hydrogen) atoms. The summed E-state index contributed by atoms with van der Waals surface area (Å²) in [6.45, 7) is 2.12. The van der Waals surface area contributed by atoms with Crippen molar-refractivity contribution in [3.8, 4) is 0 Å². The summed E-state index contributed by atoms with van der Waals surface area (Å²) >= 11 is 0. The second-order valence-electron chi connectivity index (χ2n) is 5.47. The molecule has 1 spiro atoms. The summed E-state index contributed by atoms with van der Waals surface area (Å²) in [6.07, 6.45) is 6.82. The molecule has 4 heteroatoms. The van der Waals surface area contributed by atoms with Crippen molar-refractivity contribution in [3.63, 3.8) is 0 Å². The van der Waals surface area contributed by atoms with Crippen molar-refractivity contribution in [1.82, 2.24) is 10.3 Å². The average molecular weight is 245 g/mol. The third kappa shape index (κ3) is 1.90. The van der Waals surface area contributed by atoms with E-state index in [1.807, 2.05) is 19.2 Å². The van der Waals surface area contributed by atoms with Gasteiger partial charge >= 0.3 is 0 Å². The fourth-order valence-corrected chi connectivity index (χ4v) is 3.10. The third-order valence-corrected chi connectivity index (χ3v) is 4.47. The van der Waals surface area contributed by atoms with E-state index in [4.69, 9.17) is 0 Å². The number of carbonyl (C=O) groups excluding carboxylic acids is 1. The topological polar surface area (TPSA) is 45.2 Å². The van der Waals surface area contributed by atoms with Gasteiger partial charge in [0.2, 0.25) is 5.91 Å². The summed E-state index contributed by atoms with van der Waals surface area (Å²) in [5, 5.41) is 3.37. The van der Waals surface area contributed by atoms with E-state index in [9.17, 15) is 4.79 Å². The number of rotatable bonds is 2. The first-order chi connectivity index (χ1) is 8.73. The molecular formula is C14H19N3O. The smallest absolute Gasteiger partial charge is 0.230 e. The number of aromatic nitrogens is 1. The molecule has 0 bridgehead atoms. The molecule has 1 aliphatic heterocycles. The molecular weight excluding hydrogens is 226 g/mol. The Morgan fingerprint density at radius 3 is 2.72 bits per heavy atom.